The number of carbonyl (C=O) groups is 3. The van der Waals surface area contributed by atoms with Gasteiger partial charge in [0.15, 0.2) is 5.78 Å². The van der Waals surface area contributed by atoms with Crippen LogP contribution in [0, 0.1) is 5.92 Å². The van der Waals surface area contributed by atoms with E-state index in [0.717, 1.165) is 0 Å². The molecule has 1 aliphatic rings. The number of hydrogen-bond acceptors (Lipinski definition) is 3. The second kappa shape index (κ2) is 5.01. The van der Waals surface area contributed by atoms with Crippen molar-refractivity contribution in [1.29, 1.82) is 0 Å². The Kier molecular flexibility index (Phi) is 3.57. The van der Waals surface area contributed by atoms with Crippen molar-refractivity contribution in [2.75, 3.05) is 11.4 Å². The van der Waals surface area contributed by atoms with Gasteiger partial charge < -0.3 is 10.0 Å². The number of anilines is 1. The van der Waals surface area contributed by atoms with Gasteiger partial charge in [-0.15, -0.1) is 0 Å². The molecule has 0 aliphatic carbocycles. The first-order valence-corrected chi connectivity index (χ1v) is 6.11. The number of ketones is 1. The summed E-state index contributed by atoms with van der Waals surface area (Å²) in [5.41, 5.74) is 0.748. The van der Waals surface area contributed by atoms with Crippen molar-refractivity contribution >= 4 is 34.9 Å². The standard InChI is InChI=1S/C13H12ClNO4/c1-7(16)10-5-9(14)2-3-11(10)15-6-8(13(18)19)4-12(15)17/h2-3,5,8H,4,6H2,1H3,(H,18,19). The quantitative estimate of drug-likeness (QED) is 0.860. The van der Waals surface area contributed by atoms with Crippen molar-refractivity contribution in [2.24, 2.45) is 5.92 Å². The first-order valence-electron chi connectivity index (χ1n) is 5.74. The van der Waals surface area contributed by atoms with Gasteiger partial charge in [-0.3, -0.25) is 14.4 Å². The summed E-state index contributed by atoms with van der Waals surface area (Å²) in [4.78, 5) is 35.7. The van der Waals surface area contributed by atoms with E-state index in [4.69, 9.17) is 16.7 Å². The van der Waals surface area contributed by atoms with Crippen LogP contribution in [0.2, 0.25) is 5.02 Å². The van der Waals surface area contributed by atoms with Gasteiger partial charge in [-0.25, -0.2) is 0 Å². The fourth-order valence-electron chi connectivity index (χ4n) is 2.13. The number of nitrogens with zero attached hydrogens (tertiary/aromatic N) is 1. The Morgan fingerprint density at radius 3 is 2.63 bits per heavy atom. The van der Waals surface area contributed by atoms with Crippen LogP contribution in [-0.2, 0) is 9.59 Å². The van der Waals surface area contributed by atoms with Crippen LogP contribution in [0.1, 0.15) is 23.7 Å². The monoisotopic (exact) mass is 281 g/mol. The highest BCUT2D eigenvalue weighted by Gasteiger charge is 2.36. The van der Waals surface area contributed by atoms with Crippen LogP contribution in [0.15, 0.2) is 18.2 Å². The van der Waals surface area contributed by atoms with Crippen LogP contribution >= 0.6 is 11.6 Å². The molecule has 1 unspecified atom stereocenters. The van der Waals surface area contributed by atoms with Crippen LogP contribution in [0.4, 0.5) is 5.69 Å². The van der Waals surface area contributed by atoms with Gasteiger partial charge in [0.05, 0.1) is 11.6 Å². The number of amides is 1. The molecule has 5 nitrogen and oxygen atoms in total. The second-order valence-corrected chi connectivity index (χ2v) is 4.90. The van der Waals surface area contributed by atoms with Crippen LogP contribution in [0.3, 0.4) is 0 Å². The molecule has 0 spiro atoms. The molecule has 6 heteroatoms. The molecule has 1 saturated heterocycles. The van der Waals surface area contributed by atoms with Gasteiger partial charge in [-0.2, -0.15) is 0 Å². The van der Waals surface area contributed by atoms with Gasteiger partial charge in [0.1, 0.15) is 0 Å². The summed E-state index contributed by atoms with van der Waals surface area (Å²) in [5.74, 6) is -2.25. The molecular formula is C13H12ClNO4. The van der Waals surface area contributed by atoms with E-state index in [0.29, 0.717) is 16.3 Å². The first kappa shape index (κ1) is 13.5. The van der Waals surface area contributed by atoms with Crippen LogP contribution in [0.25, 0.3) is 0 Å². The summed E-state index contributed by atoms with van der Waals surface area (Å²) in [7, 11) is 0. The van der Waals surface area contributed by atoms with E-state index in [1.807, 2.05) is 0 Å². The Labute approximate surface area is 114 Å². The molecule has 0 radical (unpaired) electrons. The Bertz CT molecular complexity index is 570. The van der Waals surface area contributed by atoms with Crippen LogP contribution < -0.4 is 4.90 Å². The molecule has 1 N–H and O–H groups in total. The molecule has 1 atom stereocenters. The fourth-order valence-corrected chi connectivity index (χ4v) is 2.30. The molecule has 100 valence electrons. The third-order valence-corrected chi connectivity index (χ3v) is 3.34. The number of aliphatic carboxylic acids is 1. The number of carboxylic acids is 1. The third-order valence-electron chi connectivity index (χ3n) is 3.10. The van der Waals surface area contributed by atoms with Gasteiger partial charge in [0, 0.05) is 23.6 Å². The predicted molar refractivity (Wildman–Crippen MR) is 69.6 cm³/mol. The Morgan fingerprint density at radius 2 is 2.11 bits per heavy atom. The summed E-state index contributed by atoms with van der Waals surface area (Å²) in [6, 6.07) is 4.63. The number of rotatable bonds is 3. The highest BCUT2D eigenvalue weighted by molar-refractivity contribution is 6.31. The van der Waals surface area contributed by atoms with E-state index in [1.165, 1.54) is 17.9 Å². The lowest BCUT2D eigenvalue weighted by Gasteiger charge is -2.19. The molecule has 1 aromatic rings. The lowest BCUT2D eigenvalue weighted by molar-refractivity contribution is -0.141. The lowest BCUT2D eigenvalue weighted by atomic mass is 10.1. The summed E-state index contributed by atoms with van der Waals surface area (Å²) in [5, 5.41) is 9.35. The maximum absolute atomic E-state index is 11.9. The smallest absolute Gasteiger partial charge is 0.308 e. The van der Waals surface area contributed by atoms with Gasteiger partial charge in [0.25, 0.3) is 0 Å². The van der Waals surface area contributed by atoms with E-state index < -0.39 is 11.9 Å². The summed E-state index contributed by atoms with van der Waals surface area (Å²) < 4.78 is 0. The Balaban J connectivity index is 2.40. The highest BCUT2D eigenvalue weighted by Crippen LogP contribution is 2.30. The van der Waals surface area contributed by atoms with E-state index in [-0.39, 0.29) is 24.7 Å². The summed E-state index contributed by atoms with van der Waals surface area (Å²) in [6.07, 6.45) is -0.0463. The van der Waals surface area contributed by atoms with E-state index in [9.17, 15) is 14.4 Å². The number of carboxylic acid groups (broad SMARTS) is 1. The average molecular weight is 282 g/mol. The summed E-state index contributed by atoms with van der Waals surface area (Å²) in [6.45, 7) is 1.46. The second-order valence-electron chi connectivity index (χ2n) is 4.46. The number of Topliss-reactive ketones (excluding diaryl/α,β-unsaturated/α-hetero) is 1. The average Bonchev–Trinajstić information content (AvgIpc) is 2.71. The molecular weight excluding hydrogens is 270 g/mol. The zero-order valence-corrected chi connectivity index (χ0v) is 11.0. The molecule has 1 amide bonds. The maximum Gasteiger partial charge on any atom is 0.308 e. The molecule has 0 bridgehead atoms. The van der Waals surface area contributed by atoms with Crippen molar-refractivity contribution in [3.05, 3.63) is 28.8 Å². The predicted octanol–water partition coefficient (Wildman–Crippen LogP) is 1.98. The molecule has 19 heavy (non-hydrogen) atoms. The van der Waals surface area contributed by atoms with Crippen molar-refractivity contribution in [3.63, 3.8) is 0 Å². The van der Waals surface area contributed by atoms with Crippen molar-refractivity contribution in [2.45, 2.75) is 13.3 Å². The first-order chi connectivity index (χ1) is 8.90. The molecule has 0 aromatic heterocycles. The number of carbonyl (C=O) groups excluding carboxylic acids is 2. The fraction of sp³-hybridized carbons (Fsp3) is 0.308. The van der Waals surface area contributed by atoms with Gasteiger partial charge in [-0.05, 0) is 25.1 Å². The Morgan fingerprint density at radius 1 is 1.42 bits per heavy atom. The van der Waals surface area contributed by atoms with Crippen LogP contribution in [-0.4, -0.2) is 29.3 Å². The number of halogens is 1. The largest absolute Gasteiger partial charge is 0.481 e. The van der Waals surface area contributed by atoms with Gasteiger partial charge in [-0.1, -0.05) is 11.6 Å². The minimum Gasteiger partial charge on any atom is -0.481 e. The molecule has 1 aromatic carbocycles. The number of benzene rings is 1. The summed E-state index contributed by atoms with van der Waals surface area (Å²) >= 11 is 5.83. The normalized spacial score (nSPS) is 18.7. The van der Waals surface area contributed by atoms with Gasteiger partial charge >= 0.3 is 5.97 Å². The molecule has 1 fully saturated rings. The zero-order chi connectivity index (χ0) is 14.2. The third kappa shape index (κ3) is 2.61. The van der Waals surface area contributed by atoms with Crippen LogP contribution in [0.5, 0.6) is 0 Å². The van der Waals surface area contributed by atoms with E-state index in [2.05, 4.69) is 0 Å². The van der Waals surface area contributed by atoms with Crippen molar-refractivity contribution in [1.82, 2.24) is 0 Å². The minimum absolute atomic E-state index is 0.0463. The lowest BCUT2D eigenvalue weighted by Crippen LogP contribution is -2.27. The highest BCUT2D eigenvalue weighted by atomic mass is 35.5. The molecule has 2 rings (SSSR count). The van der Waals surface area contributed by atoms with Crippen molar-refractivity contribution < 1.29 is 19.5 Å². The van der Waals surface area contributed by atoms with Crippen molar-refractivity contribution in [3.8, 4) is 0 Å². The zero-order valence-electron chi connectivity index (χ0n) is 10.2. The topological polar surface area (TPSA) is 74.7 Å². The van der Waals surface area contributed by atoms with E-state index >= 15 is 0 Å². The number of hydrogen-bond donors (Lipinski definition) is 1. The van der Waals surface area contributed by atoms with Gasteiger partial charge in [0.2, 0.25) is 5.91 Å². The Hall–Kier alpha value is -1.88. The maximum atomic E-state index is 11.9. The minimum atomic E-state index is -1.01. The molecule has 0 saturated carbocycles. The molecule has 1 heterocycles. The van der Waals surface area contributed by atoms with E-state index in [1.54, 1.807) is 12.1 Å². The molecule has 1 aliphatic heterocycles. The SMILES string of the molecule is CC(=O)c1cc(Cl)ccc1N1CC(C(=O)O)CC1=O.